The Labute approximate surface area is 201 Å². The highest BCUT2D eigenvalue weighted by Gasteiger charge is 2.27. The standard InChI is InChI=1S/C27H30N2O3.ClH/c1-18(24-8-4-6-20-5-2-3-7-25(20)24)29-23-14-13-22(17-23)19-9-11-21(12-10-19)27(32)28-16-15-26(30)31;/h2-12,18,22-23,29H,13-17H2,1H3,(H,28,32)(H,30,31);1H/t18-,22?,23?;/m1./s1. The van der Waals surface area contributed by atoms with E-state index in [9.17, 15) is 9.59 Å². The lowest BCUT2D eigenvalue weighted by molar-refractivity contribution is -0.136. The van der Waals surface area contributed by atoms with Crippen molar-refractivity contribution in [3.63, 3.8) is 0 Å². The minimum atomic E-state index is -0.917. The Balaban J connectivity index is 0.00000306. The predicted molar refractivity (Wildman–Crippen MR) is 134 cm³/mol. The summed E-state index contributed by atoms with van der Waals surface area (Å²) in [6.45, 7) is 2.38. The number of nitrogens with one attached hydrogen (secondary N) is 2. The van der Waals surface area contributed by atoms with Crippen molar-refractivity contribution >= 4 is 35.1 Å². The normalized spacial score (nSPS) is 18.5. The van der Waals surface area contributed by atoms with Gasteiger partial charge < -0.3 is 15.7 Å². The first kappa shape index (κ1) is 24.7. The molecule has 3 aromatic rings. The molecule has 6 heteroatoms. The van der Waals surface area contributed by atoms with E-state index >= 15 is 0 Å². The van der Waals surface area contributed by atoms with Crippen LogP contribution in [-0.4, -0.2) is 29.6 Å². The number of carboxylic acid groups (broad SMARTS) is 1. The Kier molecular flexibility index (Phi) is 8.48. The van der Waals surface area contributed by atoms with Gasteiger partial charge in [0.1, 0.15) is 0 Å². The third-order valence-electron chi connectivity index (χ3n) is 6.48. The van der Waals surface area contributed by atoms with Crippen LogP contribution < -0.4 is 10.6 Å². The Morgan fingerprint density at radius 1 is 1.00 bits per heavy atom. The van der Waals surface area contributed by atoms with Crippen LogP contribution in [0.3, 0.4) is 0 Å². The van der Waals surface area contributed by atoms with Crippen molar-refractivity contribution in [2.45, 2.75) is 50.6 Å². The van der Waals surface area contributed by atoms with E-state index in [0.717, 1.165) is 19.3 Å². The number of carbonyl (C=O) groups is 2. The van der Waals surface area contributed by atoms with Gasteiger partial charge in [-0.3, -0.25) is 9.59 Å². The molecule has 1 aliphatic carbocycles. The highest BCUT2D eigenvalue weighted by molar-refractivity contribution is 5.94. The van der Waals surface area contributed by atoms with E-state index in [4.69, 9.17) is 5.11 Å². The zero-order chi connectivity index (χ0) is 22.5. The molecule has 1 amide bonds. The Hall–Kier alpha value is -2.89. The van der Waals surface area contributed by atoms with Gasteiger partial charge in [-0.15, -0.1) is 12.4 Å². The fraction of sp³-hybridized carbons (Fsp3) is 0.333. The molecule has 5 nitrogen and oxygen atoms in total. The number of carbonyl (C=O) groups excluding carboxylic acids is 1. The first-order valence-electron chi connectivity index (χ1n) is 11.3. The second-order valence-electron chi connectivity index (χ2n) is 8.69. The molecule has 0 spiro atoms. The number of halogens is 1. The van der Waals surface area contributed by atoms with Crippen molar-refractivity contribution in [1.82, 2.24) is 10.6 Å². The first-order chi connectivity index (χ1) is 15.5. The highest BCUT2D eigenvalue weighted by atomic mass is 35.5. The van der Waals surface area contributed by atoms with Gasteiger partial charge in [-0.05, 0) is 66.1 Å². The summed E-state index contributed by atoms with van der Waals surface area (Å²) in [6, 6.07) is 23.5. The maximum absolute atomic E-state index is 12.1. The molecule has 33 heavy (non-hydrogen) atoms. The molecule has 174 valence electrons. The van der Waals surface area contributed by atoms with Crippen molar-refractivity contribution < 1.29 is 14.7 Å². The molecule has 4 rings (SSSR count). The van der Waals surface area contributed by atoms with E-state index in [1.165, 1.54) is 21.9 Å². The average molecular weight is 467 g/mol. The van der Waals surface area contributed by atoms with Gasteiger partial charge in [-0.1, -0.05) is 54.6 Å². The first-order valence-corrected chi connectivity index (χ1v) is 11.3. The fourth-order valence-electron chi connectivity index (χ4n) is 4.80. The van der Waals surface area contributed by atoms with Crippen LogP contribution in [0.2, 0.25) is 0 Å². The topological polar surface area (TPSA) is 78.4 Å². The van der Waals surface area contributed by atoms with Gasteiger partial charge >= 0.3 is 5.97 Å². The number of hydrogen-bond donors (Lipinski definition) is 3. The molecule has 0 radical (unpaired) electrons. The number of rotatable bonds is 8. The predicted octanol–water partition coefficient (Wildman–Crippen LogP) is 5.45. The summed E-state index contributed by atoms with van der Waals surface area (Å²) in [5.41, 5.74) is 3.16. The Morgan fingerprint density at radius 3 is 2.48 bits per heavy atom. The molecule has 3 atom stereocenters. The maximum Gasteiger partial charge on any atom is 0.305 e. The number of carboxylic acids is 1. The smallest absolute Gasteiger partial charge is 0.305 e. The van der Waals surface area contributed by atoms with Gasteiger partial charge in [0.15, 0.2) is 0 Å². The third kappa shape index (κ3) is 6.12. The lowest BCUT2D eigenvalue weighted by Crippen LogP contribution is -2.29. The van der Waals surface area contributed by atoms with Gasteiger partial charge in [0.25, 0.3) is 5.91 Å². The molecule has 0 aliphatic heterocycles. The molecule has 3 aromatic carbocycles. The van der Waals surface area contributed by atoms with Gasteiger partial charge in [0.2, 0.25) is 0 Å². The van der Waals surface area contributed by atoms with Crippen LogP contribution in [0, 0.1) is 0 Å². The second kappa shape index (κ2) is 11.3. The Bertz CT molecular complexity index is 1090. The van der Waals surface area contributed by atoms with Gasteiger partial charge in [0.05, 0.1) is 6.42 Å². The number of fused-ring (bicyclic) bond motifs is 1. The molecule has 2 unspecified atom stereocenters. The van der Waals surface area contributed by atoms with Crippen molar-refractivity contribution in [3.05, 3.63) is 83.4 Å². The van der Waals surface area contributed by atoms with Gasteiger partial charge in [0, 0.05) is 24.2 Å². The Morgan fingerprint density at radius 2 is 1.73 bits per heavy atom. The molecule has 1 aliphatic rings. The molecular weight excluding hydrogens is 436 g/mol. The van der Waals surface area contributed by atoms with E-state index in [1.807, 2.05) is 24.3 Å². The van der Waals surface area contributed by atoms with Crippen LogP contribution in [0.15, 0.2) is 66.7 Å². The monoisotopic (exact) mass is 466 g/mol. The van der Waals surface area contributed by atoms with Crippen LogP contribution in [0.25, 0.3) is 10.8 Å². The molecule has 0 bridgehead atoms. The summed E-state index contributed by atoms with van der Waals surface area (Å²) < 4.78 is 0. The maximum atomic E-state index is 12.1. The summed E-state index contributed by atoms with van der Waals surface area (Å²) in [5.74, 6) is -0.663. The van der Waals surface area contributed by atoms with E-state index in [2.05, 4.69) is 60.0 Å². The minimum absolute atomic E-state index is 0. The number of benzene rings is 3. The summed E-state index contributed by atoms with van der Waals surface area (Å²) in [7, 11) is 0. The van der Waals surface area contributed by atoms with Crippen molar-refractivity contribution in [2.75, 3.05) is 6.54 Å². The van der Waals surface area contributed by atoms with Gasteiger partial charge in [-0.25, -0.2) is 0 Å². The summed E-state index contributed by atoms with van der Waals surface area (Å²) in [5, 5.41) is 17.7. The fourth-order valence-corrected chi connectivity index (χ4v) is 4.80. The van der Waals surface area contributed by atoms with E-state index < -0.39 is 5.97 Å². The summed E-state index contributed by atoms with van der Waals surface area (Å²) in [4.78, 5) is 22.7. The third-order valence-corrected chi connectivity index (χ3v) is 6.48. The summed E-state index contributed by atoms with van der Waals surface area (Å²) in [6.07, 6.45) is 3.28. The van der Waals surface area contributed by atoms with Crippen LogP contribution in [-0.2, 0) is 4.79 Å². The average Bonchev–Trinajstić information content (AvgIpc) is 3.27. The lowest BCUT2D eigenvalue weighted by Gasteiger charge is -2.21. The number of aliphatic carboxylic acids is 1. The largest absolute Gasteiger partial charge is 0.481 e. The SMILES string of the molecule is C[C@@H](NC1CCC(c2ccc(C(=O)NCCC(=O)O)cc2)C1)c1cccc2ccccc12.Cl. The highest BCUT2D eigenvalue weighted by Crippen LogP contribution is 2.36. The molecule has 0 saturated heterocycles. The van der Waals surface area contributed by atoms with Crippen molar-refractivity contribution in [3.8, 4) is 0 Å². The zero-order valence-corrected chi connectivity index (χ0v) is 19.6. The van der Waals surface area contributed by atoms with E-state index in [1.54, 1.807) is 0 Å². The number of amides is 1. The van der Waals surface area contributed by atoms with E-state index in [0.29, 0.717) is 17.5 Å². The van der Waals surface area contributed by atoms with Crippen LogP contribution in [0.4, 0.5) is 0 Å². The van der Waals surface area contributed by atoms with Crippen molar-refractivity contribution in [2.24, 2.45) is 0 Å². The van der Waals surface area contributed by atoms with Crippen LogP contribution in [0.5, 0.6) is 0 Å². The number of hydrogen-bond acceptors (Lipinski definition) is 3. The lowest BCUT2D eigenvalue weighted by atomic mass is 9.96. The zero-order valence-electron chi connectivity index (χ0n) is 18.8. The molecule has 1 fully saturated rings. The molecule has 0 aromatic heterocycles. The minimum Gasteiger partial charge on any atom is -0.481 e. The second-order valence-corrected chi connectivity index (χ2v) is 8.69. The van der Waals surface area contributed by atoms with Gasteiger partial charge in [-0.2, -0.15) is 0 Å². The van der Waals surface area contributed by atoms with Crippen molar-refractivity contribution in [1.29, 1.82) is 0 Å². The summed E-state index contributed by atoms with van der Waals surface area (Å²) >= 11 is 0. The quantitative estimate of drug-likeness (QED) is 0.412. The van der Waals surface area contributed by atoms with Crippen LogP contribution in [0.1, 0.15) is 66.1 Å². The van der Waals surface area contributed by atoms with Crippen LogP contribution >= 0.6 is 12.4 Å². The molecular formula is C27H31ClN2O3. The molecule has 3 N–H and O–H groups in total. The molecule has 0 heterocycles. The molecule has 1 saturated carbocycles. The van der Waals surface area contributed by atoms with E-state index in [-0.39, 0.29) is 37.3 Å².